The summed E-state index contributed by atoms with van der Waals surface area (Å²) in [6.45, 7) is 0. The predicted octanol–water partition coefficient (Wildman–Crippen LogP) is -0.104. The van der Waals surface area contributed by atoms with Crippen LogP contribution in [-0.2, 0) is 7.05 Å². The van der Waals surface area contributed by atoms with E-state index < -0.39 is 11.5 Å². The molecule has 0 spiro atoms. The van der Waals surface area contributed by atoms with E-state index in [0.29, 0.717) is 5.02 Å². The Balaban J connectivity index is 2.33. The van der Waals surface area contributed by atoms with Crippen LogP contribution >= 0.6 is 11.6 Å². The first kappa shape index (κ1) is 14.0. The summed E-state index contributed by atoms with van der Waals surface area (Å²) in [5.41, 5.74) is 0.220. The summed E-state index contributed by atoms with van der Waals surface area (Å²) in [5, 5.41) is 9.64. The number of hydrogen-bond acceptors (Lipinski definition) is 3. The molecule has 2 rings (SSSR count). The third kappa shape index (κ3) is 2.77. The van der Waals surface area contributed by atoms with Crippen molar-refractivity contribution in [3.8, 4) is 0 Å². The van der Waals surface area contributed by atoms with Gasteiger partial charge in [0.25, 0.3) is 0 Å². The highest BCUT2D eigenvalue weighted by atomic mass is 35.5. The van der Waals surface area contributed by atoms with E-state index in [-0.39, 0.29) is 5.69 Å². The normalized spacial score (nSPS) is 10.9. The van der Waals surface area contributed by atoms with Crippen molar-refractivity contribution in [1.82, 2.24) is 15.3 Å². The number of nitrogens with zero attached hydrogens (tertiary/aromatic N) is 3. The Morgan fingerprint density at radius 1 is 1.45 bits per heavy atom. The molecule has 0 aliphatic carbocycles. The molecule has 7 nitrogen and oxygen atoms in total. The van der Waals surface area contributed by atoms with Gasteiger partial charge in [0, 0.05) is 16.9 Å². The lowest BCUT2D eigenvalue weighted by Gasteiger charge is -1.90. The number of rotatable bonds is 3. The van der Waals surface area contributed by atoms with Crippen LogP contribution in [0.25, 0.3) is 0 Å². The lowest BCUT2D eigenvalue weighted by Crippen LogP contribution is -2.42. The minimum absolute atomic E-state index is 0.0271. The van der Waals surface area contributed by atoms with Crippen LogP contribution < -0.4 is 15.6 Å². The van der Waals surface area contributed by atoms with Gasteiger partial charge in [0.15, 0.2) is 0 Å². The summed E-state index contributed by atoms with van der Waals surface area (Å²) in [6.07, 6.45) is 1.49. The summed E-state index contributed by atoms with van der Waals surface area (Å²) < 4.78 is 1.31. The number of halogens is 1. The molecule has 0 saturated heterocycles. The molecule has 104 valence electrons. The van der Waals surface area contributed by atoms with E-state index in [4.69, 9.17) is 11.6 Å². The number of carbonyl (C=O) groups is 1. The topological polar surface area (TPSA) is 83.1 Å². The van der Waals surface area contributed by atoms with Crippen LogP contribution in [0, 0.1) is 0 Å². The highest BCUT2D eigenvalue weighted by molar-refractivity contribution is 6.30. The molecule has 8 heteroatoms. The molecule has 0 atom stereocenters. The molecule has 0 fully saturated rings. The Labute approximate surface area is 119 Å². The SMILES string of the molecule is CNC(=O)c1c(=O)n(/N=C\c2ccc(Cl)cc2)[nH][n+]1C. The monoisotopic (exact) mass is 294 g/mol. The molecule has 0 bridgehead atoms. The zero-order chi connectivity index (χ0) is 14.7. The van der Waals surface area contributed by atoms with E-state index in [9.17, 15) is 9.59 Å². The average Bonchev–Trinajstić information content (AvgIpc) is 2.72. The van der Waals surface area contributed by atoms with E-state index in [2.05, 4.69) is 15.6 Å². The van der Waals surface area contributed by atoms with Gasteiger partial charge >= 0.3 is 17.2 Å². The summed E-state index contributed by atoms with van der Waals surface area (Å²) in [7, 11) is 3.01. The summed E-state index contributed by atoms with van der Waals surface area (Å²) >= 11 is 5.78. The lowest BCUT2D eigenvalue weighted by molar-refractivity contribution is -0.734. The van der Waals surface area contributed by atoms with Crippen LogP contribution in [0.15, 0.2) is 34.2 Å². The van der Waals surface area contributed by atoms with Gasteiger partial charge in [-0.05, 0) is 17.7 Å². The fourth-order valence-corrected chi connectivity index (χ4v) is 1.73. The third-order valence-corrected chi connectivity index (χ3v) is 2.86. The molecule has 0 aliphatic heterocycles. The zero-order valence-electron chi connectivity index (χ0n) is 10.9. The number of nitrogens with one attached hydrogen (secondary N) is 2. The van der Waals surface area contributed by atoms with Gasteiger partial charge in [-0.2, -0.15) is 4.68 Å². The summed E-state index contributed by atoms with van der Waals surface area (Å²) in [5.74, 6) is -0.478. The van der Waals surface area contributed by atoms with Gasteiger partial charge in [-0.15, -0.1) is 0 Å². The second-order valence-electron chi connectivity index (χ2n) is 4.00. The molecule has 1 aromatic heterocycles. The van der Waals surface area contributed by atoms with Crippen LogP contribution in [0.4, 0.5) is 0 Å². The van der Waals surface area contributed by atoms with Gasteiger partial charge in [-0.25, -0.2) is 4.79 Å². The van der Waals surface area contributed by atoms with Crippen molar-refractivity contribution in [2.45, 2.75) is 0 Å². The highest BCUT2D eigenvalue weighted by Gasteiger charge is 2.25. The van der Waals surface area contributed by atoms with E-state index in [1.165, 1.54) is 17.9 Å². The molecular weight excluding hydrogens is 282 g/mol. The van der Waals surface area contributed by atoms with Gasteiger partial charge in [0.05, 0.1) is 6.21 Å². The fraction of sp³-hybridized carbons (Fsp3) is 0.167. The molecule has 1 heterocycles. The van der Waals surface area contributed by atoms with Crippen LogP contribution in [0.3, 0.4) is 0 Å². The van der Waals surface area contributed by atoms with Crippen LogP contribution in [0.2, 0.25) is 5.02 Å². The highest BCUT2D eigenvalue weighted by Crippen LogP contribution is 2.07. The van der Waals surface area contributed by atoms with Gasteiger partial charge in [0.1, 0.15) is 7.05 Å². The quantitative estimate of drug-likeness (QED) is 0.612. The van der Waals surface area contributed by atoms with Crippen molar-refractivity contribution in [2.24, 2.45) is 12.1 Å². The summed E-state index contributed by atoms with van der Waals surface area (Å²) in [4.78, 5) is 24.5. The lowest BCUT2D eigenvalue weighted by atomic mass is 10.2. The first-order valence-electron chi connectivity index (χ1n) is 5.76. The predicted molar refractivity (Wildman–Crippen MR) is 74.1 cm³/mol. The van der Waals surface area contributed by atoms with Crippen molar-refractivity contribution in [1.29, 1.82) is 0 Å². The second kappa shape index (κ2) is 5.70. The molecule has 2 N–H and O–H groups in total. The third-order valence-electron chi connectivity index (χ3n) is 2.61. The zero-order valence-corrected chi connectivity index (χ0v) is 11.7. The number of hydrogen-bond donors (Lipinski definition) is 2. The molecule has 0 unspecified atom stereocenters. The maximum atomic E-state index is 12.0. The van der Waals surface area contributed by atoms with E-state index in [0.717, 1.165) is 10.4 Å². The molecule has 1 amide bonds. The molecule has 0 radical (unpaired) electrons. The Hall–Kier alpha value is -2.41. The largest absolute Gasteiger partial charge is 0.432 e. The second-order valence-corrected chi connectivity index (χ2v) is 4.44. The number of carbonyl (C=O) groups excluding carboxylic acids is 1. The average molecular weight is 295 g/mol. The van der Waals surface area contributed by atoms with Crippen molar-refractivity contribution in [3.63, 3.8) is 0 Å². The van der Waals surface area contributed by atoms with Gasteiger partial charge in [-0.3, -0.25) is 4.79 Å². The van der Waals surface area contributed by atoms with E-state index >= 15 is 0 Å². The maximum absolute atomic E-state index is 12.0. The number of aromatic nitrogens is 3. The first-order valence-corrected chi connectivity index (χ1v) is 6.14. The number of benzene rings is 1. The molecule has 1 aromatic carbocycles. The number of H-pyrrole nitrogens is 1. The standard InChI is InChI=1S/C12H12ClN5O2/c1-14-11(19)10-12(20)18(16-17(10)2)15-7-8-3-5-9(13)6-4-8/h3-7H,1-2H3,(H-,14,16,19,20)/p+1/b15-7-. The summed E-state index contributed by atoms with van der Waals surface area (Å²) in [6, 6.07) is 6.96. The van der Waals surface area contributed by atoms with E-state index in [1.807, 2.05) is 0 Å². The first-order chi connectivity index (χ1) is 9.52. The van der Waals surface area contributed by atoms with Crippen molar-refractivity contribution in [2.75, 3.05) is 7.05 Å². The molecule has 0 saturated carbocycles. The maximum Gasteiger partial charge on any atom is 0.432 e. The van der Waals surface area contributed by atoms with Gasteiger partial charge in [-0.1, -0.05) is 34.0 Å². The molecule has 0 aliphatic rings. The Morgan fingerprint density at radius 2 is 2.10 bits per heavy atom. The Morgan fingerprint density at radius 3 is 2.70 bits per heavy atom. The van der Waals surface area contributed by atoms with Crippen LogP contribution in [0.1, 0.15) is 16.1 Å². The van der Waals surface area contributed by atoms with Crippen LogP contribution in [0.5, 0.6) is 0 Å². The molecule has 20 heavy (non-hydrogen) atoms. The van der Waals surface area contributed by atoms with Crippen LogP contribution in [-0.4, -0.2) is 29.2 Å². The van der Waals surface area contributed by atoms with Crippen molar-refractivity contribution >= 4 is 23.7 Å². The Bertz CT molecular complexity index is 714. The van der Waals surface area contributed by atoms with E-state index in [1.54, 1.807) is 31.3 Å². The Kier molecular flexibility index (Phi) is 3.99. The smallest absolute Gasteiger partial charge is 0.352 e. The van der Waals surface area contributed by atoms with Crippen molar-refractivity contribution < 1.29 is 9.48 Å². The molecular formula is C12H13ClN5O2+. The number of aromatic amines is 1. The molecule has 2 aromatic rings. The number of aryl methyl sites for hydroxylation is 1. The number of amides is 1. The fourth-order valence-electron chi connectivity index (χ4n) is 1.60. The minimum Gasteiger partial charge on any atom is -0.352 e. The van der Waals surface area contributed by atoms with Crippen molar-refractivity contribution in [3.05, 3.63) is 50.9 Å². The van der Waals surface area contributed by atoms with Gasteiger partial charge in [0.2, 0.25) is 0 Å². The van der Waals surface area contributed by atoms with Gasteiger partial charge < -0.3 is 5.32 Å². The minimum atomic E-state index is -0.530.